The lowest BCUT2D eigenvalue weighted by atomic mass is 10.1. The topological polar surface area (TPSA) is 99.3 Å². The van der Waals surface area contributed by atoms with Gasteiger partial charge < -0.3 is 8.98 Å². The normalized spacial score (nSPS) is 11.6. The molecule has 0 amide bonds. The number of nitro benzene ring substituents is 1. The van der Waals surface area contributed by atoms with E-state index in [2.05, 4.69) is 15.2 Å². The summed E-state index contributed by atoms with van der Waals surface area (Å²) in [5, 5.41) is 22.0. The van der Waals surface area contributed by atoms with Gasteiger partial charge in [-0.3, -0.25) is 15.1 Å². The van der Waals surface area contributed by atoms with Gasteiger partial charge in [0.25, 0.3) is 5.69 Å². The Balaban J connectivity index is 1.45. The van der Waals surface area contributed by atoms with Gasteiger partial charge in [0.1, 0.15) is 17.5 Å². The van der Waals surface area contributed by atoms with Gasteiger partial charge in [0.05, 0.1) is 15.5 Å². The highest BCUT2D eigenvalue weighted by atomic mass is 32.2. The monoisotopic (exact) mass is 429 g/mol. The van der Waals surface area contributed by atoms with Crippen molar-refractivity contribution in [3.8, 4) is 0 Å². The standard InChI is InChI=1S/C22H15N5O3S/c1-26-13-24-25-22(26)31-21-9-6-14(10-18(21)27(28)29)12-23-15-7-8-17-16-4-2-3-5-19(16)30-20(17)11-15/h2-13H,1H3. The molecule has 0 saturated carbocycles. The molecule has 0 spiro atoms. The predicted molar refractivity (Wildman–Crippen MR) is 119 cm³/mol. The zero-order valence-electron chi connectivity index (χ0n) is 16.3. The summed E-state index contributed by atoms with van der Waals surface area (Å²) < 4.78 is 7.60. The molecule has 5 rings (SSSR count). The third-order valence-corrected chi connectivity index (χ3v) is 5.89. The van der Waals surface area contributed by atoms with Crippen LogP contribution in [-0.4, -0.2) is 25.9 Å². The summed E-state index contributed by atoms with van der Waals surface area (Å²) in [6, 6.07) is 18.6. The largest absolute Gasteiger partial charge is 0.456 e. The lowest BCUT2D eigenvalue weighted by Crippen LogP contribution is -1.95. The first-order chi connectivity index (χ1) is 15.1. The number of aromatic nitrogens is 3. The molecule has 0 saturated heterocycles. The number of aryl methyl sites for hydroxylation is 1. The molecule has 2 aromatic heterocycles. The second-order valence-electron chi connectivity index (χ2n) is 6.85. The van der Waals surface area contributed by atoms with E-state index in [-0.39, 0.29) is 5.69 Å². The van der Waals surface area contributed by atoms with Gasteiger partial charge in [0.2, 0.25) is 0 Å². The molecule has 152 valence electrons. The molecule has 0 fully saturated rings. The molecule has 0 bridgehead atoms. The van der Waals surface area contributed by atoms with Crippen LogP contribution in [0.1, 0.15) is 5.56 Å². The van der Waals surface area contributed by atoms with Gasteiger partial charge in [-0.2, -0.15) is 0 Å². The number of para-hydroxylation sites is 1. The van der Waals surface area contributed by atoms with Crippen LogP contribution in [0.25, 0.3) is 21.9 Å². The van der Waals surface area contributed by atoms with Crippen LogP contribution in [0.5, 0.6) is 0 Å². The highest BCUT2D eigenvalue weighted by molar-refractivity contribution is 7.99. The molecule has 0 aliphatic rings. The number of rotatable bonds is 5. The number of hydrogen-bond donors (Lipinski definition) is 0. The number of fused-ring (bicyclic) bond motifs is 3. The Morgan fingerprint density at radius 1 is 1.10 bits per heavy atom. The first kappa shape index (κ1) is 19.0. The summed E-state index contributed by atoms with van der Waals surface area (Å²) in [4.78, 5) is 16.1. The van der Waals surface area contributed by atoms with Crippen molar-refractivity contribution in [3.05, 3.63) is 82.7 Å². The lowest BCUT2D eigenvalue weighted by molar-refractivity contribution is -0.387. The fourth-order valence-corrected chi connectivity index (χ4v) is 4.10. The van der Waals surface area contributed by atoms with Gasteiger partial charge in [-0.25, -0.2) is 0 Å². The molecule has 31 heavy (non-hydrogen) atoms. The number of furan rings is 1. The van der Waals surface area contributed by atoms with E-state index in [0.29, 0.717) is 21.3 Å². The highest BCUT2D eigenvalue weighted by Gasteiger charge is 2.17. The maximum Gasteiger partial charge on any atom is 0.283 e. The molecule has 0 aliphatic heterocycles. The smallest absolute Gasteiger partial charge is 0.283 e. The average molecular weight is 429 g/mol. The third-order valence-electron chi connectivity index (χ3n) is 4.78. The summed E-state index contributed by atoms with van der Waals surface area (Å²) in [6.45, 7) is 0. The Kier molecular flexibility index (Phi) is 4.72. The second kappa shape index (κ2) is 7.69. The van der Waals surface area contributed by atoms with Crippen LogP contribution in [0, 0.1) is 10.1 Å². The molecule has 0 unspecified atom stereocenters. The van der Waals surface area contributed by atoms with Crippen LogP contribution in [0.2, 0.25) is 0 Å². The van der Waals surface area contributed by atoms with Crippen molar-refractivity contribution in [1.29, 1.82) is 0 Å². The Morgan fingerprint density at radius 2 is 1.94 bits per heavy atom. The molecular weight excluding hydrogens is 414 g/mol. The van der Waals surface area contributed by atoms with Crippen LogP contribution in [0.4, 0.5) is 11.4 Å². The predicted octanol–water partition coefficient (Wildman–Crippen LogP) is 5.52. The van der Waals surface area contributed by atoms with E-state index in [9.17, 15) is 10.1 Å². The minimum atomic E-state index is -0.406. The highest BCUT2D eigenvalue weighted by Crippen LogP contribution is 2.34. The Morgan fingerprint density at radius 3 is 2.74 bits per heavy atom. The molecule has 0 atom stereocenters. The summed E-state index contributed by atoms with van der Waals surface area (Å²) in [6.07, 6.45) is 3.15. The molecular formula is C22H15N5O3S. The van der Waals surface area contributed by atoms with Crippen molar-refractivity contribution in [2.45, 2.75) is 10.1 Å². The average Bonchev–Trinajstić information content (AvgIpc) is 3.35. The van der Waals surface area contributed by atoms with Crippen LogP contribution in [0.3, 0.4) is 0 Å². The number of nitro groups is 1. The zero-order valence-corrected chi connectivity index (χ0v) is 17.1. The molecule has 0 N–H and O–H groups in total. The van der Waals surface area contributed by atoms with E-state index in [0.717, 1.165) is 21.9 Å². The first-order valence-electron chi connectivity index (χ1n) is 9.34. The fourth-order valence-electron chi connectivity index (χ4n) is 3.25. The van der Waals surface area contributed by atoms with Gasteiger partial charge in [-0.1, -0.05) is 24.3 Å². The minimum Gasteiger partial charge on any atom is -0.456 e. The van der Waals surface area contributed by atoms with Gasteiger partial charge in [-0.15, -0.1) is 10.2 Å². The van der Waals surface area contributed by atoms with Gasteiger partial charge in [0, 0.05) is 36.2 Å². The van der Waals surface area contributed by atoms with Crippen molar-refractivity contribution in [2.24, 2.45) is 12.0 Å². The first-order valence-corrected chi connectivity index (χ1v) is 10.2. The van der Waals surface area contributed by atoms with Crippen LogP contribution >= 0.6 is 11.8 Å². The fraction of sp³-hybridized carbons (Fsp3) is 0.0455. The quantitative estimate of drug-likeness (QED) is 0.207. The summed E-state index contributed by atoms with van der Waals surface area (Å²) in [7, 11) is 1.79. The van der Waals surface area contributed by atoms with E-state index in [1.807, 2.05) is 42.5 Å². The maximum atomic E-state index is 11.6. The molecule has 3 aromatic carbocycles. The summed E-state index contributed by atoms with van der Waals surface area (Å²) in [5.41, 5.74) is 2.89. The Hall–Kier alpha value is -3.98. The molecule has 8 nitrogen and oxygen atoms in total. The lowest BCUT2D eigenvalue weighted by Gasteiger charge is -2.03. The van der Waals surface area contributed by atoms with Gasteiger partial charge >= 0.3 is 0 Å². The number of hydrogen-bond acceptors (Lipinski definition) is 7. The van der Waals surface area contributed by atoms with Gasteiger partial charge in [-0.05, 0) is 41.6 Å². The van der Waals surface area contributed by atoms with E-state index in [1.54, 1.807) is 36.3 Å². The molecule has 5 aromatic rings. The summed E-state index contributed by atoms with van der Waals surface area (Å²) >= 11 is 1.19. The number of nitrogens with zero attached hydrogens (tertiary/aromatic N) is 5. The second-order valence-corrected chi connectivity index (χ2v) is 7.86. The van der Waals surface area contributed by atoms with E-state index in [1.165, 1.54) is 17.8 Å². The van der Waals surface area contributed by atoms with Crippen molar-refractivity contribution in [2.75, 3.05) is 0 Å². The summed E-state index contributed by atoms with van der Waals surface area (Å²) in [5.74, 6) is 0. The number of aliphatic imine (C=N–C) groups is 1. The maximum absolute atomic E-state index is 11.6. The van der Waals surface area contributed by atoms with E-state index in [4.69, 9.17) is 4.42 Å². The van der Waals surface area contributed by atoms with Gasteiger partial charge in [0.15, 0.2) is 5.16 Å². The van der Waals surface area contributed by atoms with Crippen molar-refractivity contribution in [3.63, 3.8) is 0 Å². The van der Waals surface area contributed by atoms with Crippen molar-refractivity contribution < 1.29 is 9.34 Å². The Labute approximate surface area is 180 Å². The number of benzene rings is 3. The van der Waals surface area contributed by atoms with Crippen LogP contribution in [-0.2, 0) is 7.05 Å². The van der Waals surface area contributed by atoms with E-state index >= 15 is 0 Å². The minimum absolute atomic E-state index is 0.00955. The van der Waals surface area contributed by atoms with Crippen LogP contribution < -0.4 is 0 Å². The molecule has 0 aliphatic carbocycles. The SMILES string of the molecule is Cn1cnnc1Sc1ccc(C=Nc2ccc3c(c2)oc2ccccc23)cc1[N+](=O)[O-]. The van der Waals surface area contributed by atoms with E-state index < -0.39 is 4.92 Å². The third kappa shape index (κ3) is 3.66. The molecule has 9 heteroatoms. The molecule has 2 heterocycles. The molecule has 0 radical (unpaired) electrons. The Bertz CT molecular complexity index is 1470. The zero-order chi connectivity index (χ0) is 21.4. The van der Waals surface area contributed by atoms with Crippen molar-refractivity contribution in [1.82, 2.24) is 14.8 Å². The van der Waals surface area contributed by atoms with Crippen molar-refractivity contribution >= 4 is 51.3 Å². The van der Waals surface area contributed by atoms with Crippen LogP contribution in [0.15, 0.2) is 86.5 Å².